The number of Topliss-reactive ketones (excluding diaryl/α,β-unsaturated/α-hetero) is 1. The minimum absolute atomic E-state index is 0.0591. The van der Waals surface area contributed by atoms with Crippen molar-refractivity contribution in [3.63, 3.8) is 0 Å². The summed E-state index contributed by atoms with van der Waals surface area (Å²) in [6, 6.07) is 8.72. The first-order valence-corrected chi connectivity index (χ1v) is 9.94. The Kier molecular flexibility index (Phi) is 4.73. The number of rotatable bonds is 3. The third-order valence-electron chi connectivity index (χ3n) is 5.29. The molecule has 29 heavy (non-hydrogen) atoms. The zero-order chi connectivity index (χ0) is 20.8. The number of hydrogen-bond donors (Lipinski definition) is 1. The summed E-state index contributed by atoms with van der Waals surface area (Å²) < 4.78 is 12.7. The number of phenols is 1. The predicted octanol–water partition coefficient (Wildman–Crippen LogP) is 5.79. The highest BCUT2D eigenvalue weighted by Gasteiger charge is 2.34. The molecule has 0 radical (unpaired) electrons. The smallest absolute Gasteiger partial charge is 0.170 e. The van der Waals surface area contributed by atoms with E-state index in [4.69, 9.17) is 9.47 Å². The number of aromatic hydroxyl groups is 1. The summed E-state index contributed by atoms with van der Waals surface area (Å²) in [4.78, 5) is 13.0. The average Bonchev–Trinajstić information content (AvgIpc) is 2.65. The topological polar surface area (TPSA) is 55.8 Å². The van der Waals surface area contributed by atoms with Gasteiger partial charge in [0, 0.05) is 11.1 Å². The Morgan fingerprint density at radius 1 is 1.21 bits per heavy atom. The molecule has 0 saturated heterocycles. The van der Waals surface area contributed by atoms with Crippen molar-refractivity contribution >= 4 is 11.9 Å². The van der Waals surface area contributed by atoms with Crippen LogP contribution in [0.3, 0.4) is 0 Å². The van der Waals surface area contributed by atoms with Gasteiger partial charge in [0.1, 0.15) is 29.0 Å². The molecule has 0 bridgehead atoms. The first-order valence-electron chi connectivity index (χ1n) is 9.94. The molecule has 0 amide bonds. The van der Waals surface area contributed by atoms with Crippen molar-refractivity contribution in [1.82, 2.24) is 0 Å². The van der Waals surface area contributed by atoms with Crippen LogP contribution in [0.25, 0.3) is 6.08 Å². The standard InChI is InChI=1S/C25H26O4/c1-15(2)5-10-19-23-17(11-12-25(3,4)29-23)13-20-21(27)14-22(28-24(19)20)16-6-8-18(26)9-7-16/h5-9,11-13,22,26H,10,14H2,1-4H3. The number of allylic oxidation sites excluding steroid dienone is 2. The van der Waals surface area contributed by atoms with E-state index < -0.39 is 5.60 Å². The third-order valence-corrected chi connectivity index (χ3v) is 5.29. The molecular formula is C25H26O4. The van der Waals surface area contributed by atoms with E-state index in [1.165, 1.54) is 5.57 Å². The van der Waals surface area contributed by atoms with E-state index in [2.05, 4.69) is 19.9 Å². The molecule has 1 N–H and O–H groups in total. The van der Waals surface area contributed by atoms with Gasteiger partial charge >= 0.3 is 0 Å². The van der Waals surface area contributed by atoms with Crippen molar-refractivity contribution < 1.29 is 19.4 Å². The highest BCUT2D eigenvalue weighted by Crippen LogP contribution is 2.46. The summed E-state index contributed by atoms with van der Waals surface area (Å²) in [5, 5.41) is 9.58. The van der Waals surface area contributed by atoms with E-state index in [0.717, 1.165) is 22.4 Å². The molecule has 0 fully saturated rings. The van der Waals surface area contributed by atoms with E-state index >= 15 is 0 Å². The second-order valence-electron chi connectivity index (χ2n) is 8.50. The molecular weight excluding hydrogens is 364 g/mol. The third kappa shape index (κ3) is 3.80. The number of fused-ring (bicyclic) bond motifs is 2. The fourth-order valence-electron chi connectivity index (χ4n) is 3.73. The summed E-state index contributed by atoms with van der Waals surface area (Å²) in [6.45, 7) is 8.14. The number of phenolic OH excluding ortho intramolecular Hbond substituents is 1. The predicted molar refractivity (Wildman–Crippen MR) is 114 cm³/mol. The van der Waals surface area contributed by atoms with E-state index in [1.54, 1.807) is 24.3 Å². The molecule has 0 aliphatic carbocycles. The summed E-state index contributed by atoms with van der Waals surface area (Å²) in [5.41, 5.74) is 4.08. The molecule has 1 atom stereocenters. The Balaban J connectivity index is 1.84. The van der Waals surface area contributed by atoms with Gasteiger partial charge in [0.25, 0.3) is 0 Å². The van der Waals surface area contributed by atoms with Gasteiger partial charge in [-0.25, -0.2) is 0 Å². The molecule has 2 aromatic carbocycles. The molecule has 2 aromatic rings. The highest BCUT2D eigenvalue weighted by atomic mass is 16.5. The zero-order valence-corrected chi connectivity index (χ0v) is 17.3. The first-order chi connectivity index (χ1) is 13.7. The van der Waals surface area contributed by atoms with Crippen molar-refractivity contribution in [1.29, 1.82) is 0 Å². The van der Waals surface area contributed by atoms with Crippen molar-refractivity contribution in [2.75, 3.05) is 0 Å². The Bertz CT molecular complexity index is 1020. The summed E-state index contributed by atoms with van der Waals surface area (Å²) >= 11 is 0. The van der Waals surface area contributed by atoms with Gasteiger partial charge in [0.05, 0.1) is 12.0 Å². The van der Waals surface area contributed by atoms with Crippen LogP contribution in [0.1, 0.15) is 67.3 Å². The maximum atomic E-state index is 13.0. The lowest BCUT2D eigenvalue weighted by Crippen LogP contribution is -2.29. The van der Waals surface area contributed by atoms with Crippen LogP contribution in [0.5, 0.6) is 17.2 Å². The van der Waals surface area contributed by atoms with Gasteiger partial charge in [-0.05, 0) is 64.0 Å². The van der Waals surface area contributed by atoms with E-state index in [0.29, 0.717) is 17.7 Å². The molecule has 0 saturated carbocycles. The summed E-state index contributed by atoms with van der Waals surface area (Å²) in [5.74, 6) is 1.65. The summed E-state index contributed by atoms with van der Waals surface area (Å²) in [7, 11) is 0. The fraction of sp³-hybridized carbons (Fsp3) is 0.320. The molecule has 2 heterocycles. The second-order valence-corrected chi connectivity index (χ2v) is 8.50. The minimum Gasteiger partial charge on any atom is -0.508 e. The van der Waals surface area contributed by atoms with Crippen LogP contribution in [0.2, 0.25) is 0 Å². The number of hydrogen-bond acceptors (Lipinski definition) is 4. The lowest BCUT2D eigenvalue weighted by Gasteiger charge is -2.33. The largest absolute Gasteiger partial charge is 0.508 e. The number of ketones is 1. The van der Waals surface area contributed by atoms with Gasteiger partial charge in [0.2, 0.25) is 0 Å². The SMILES string of the molecule is CC(C)=CCc1c2c(cc3c1OC(c1ccc(O)cc1)CC3=O)C=CC(C)(C)O2. The van der Waals surface area contributed by atoms with Gasteiger partial charge < -0.3 is 14.6 Å². The van der Waals surface area contributed by atoms with Crippen LogP contribution < -0.4 is 9.47 Å². The number of carbonyl (C=O) groups excluding carboxylic acids is 1. The van der Waals surface area contributed by atoms with Crippen molar-refractivity contribution in [2.45, 2.75) is 52.2 Å². The molecule has 0 spiro atoms. The lowest BCUT2D eigenvalue weighted by molar-refractivity contribution is 0.0845. The molecule has 4 rings (SSSR count). The summed E-state index contributed by atoms with van der Waals surface area (Å²) in [6.07, 6.45) is 6.70. The highest BCUT2D eigenvalue weighted by molar-refractivity contribution is 6.01. The minimum atomic E-state index is -0.421. The van der Waals surface area contributed by atoms with E-state index in [1.807, 2.05) is 32.1 Å². The number of benzene rings is 2. The van der Waals surface area contributed by atoms with Gasteiger partial charge in [-0.3, -0.25) is 4.79 Å². The van der Waals surface area contributed by atoms with Gasteiger partial charge in [0.15, 0.2) is 5.78 Å². The van der Waals surface area contributed by atoms with E-state index in [9.17, 15) is 9.90 Å². The van der Waals surface area contributed by atoms with Crippen molar-refractivity contribution in [2.24, 2.45) is 0 Å². The lowest BCUT2D eigenvalue weighted by atomic mass is 9.89. The van der Waals surface area contributed by atoms with Crippen LogP contribution in [0.4, 0.5) is 0 Å². The molecule has 0 aromatic heterocycles. The van der Waals surface area contributed by atoms with Gasteiger partial charge in [-0.15, -0.1) is 0 Å². The quantitative estimate of drug-likeness (QED) is 0.674. The molecule has 2 aliphatic rings. The zero-order valence-electron chi connectivity index (χ0n) is 17.3. The Morgan fingerprint density at radius 3 is 2.62 bits per heavy atom. The van der Waals surface area contributed by atoms with Crippen LogP contribution in [-0.2, 0) is 6.42 Å². The monoisotopic (exact) mass is 390 g/mol. The van der Waals surface area contributed by atoms with E-state index in [-0.39, 0.29) is 24.1 Å². The first kappa shape index (κ1) is 19.3. The van der Waals surface area contributed by atoms with Crippen molar-refractivity contribution in [3.05, 3.63) is 70.3 Å². The molecule has 4 nitrogen and oxygen atoms in total. The normalized spacial score (nSPS) is 18.9. The van der Waals surface area contributed by atoms with Crippen LogP contribution in [0.15, 0.2) is 48.1 Å². The van der Waals surface area contributed by atoms with Gasteiger partial charge in [-0.2, -0.15) is 0 Å². The Hall–Kier alpha value is -3.01. The Morgan fingerprint density at radius 2 is 1.93 bits per heavy atom. The number of carbonyl (C=O) groups is 1. The van der Waals surface area contributed by atoms with Crippen LogP contribution in [-0.4, -0.2) is 16.5 Å². The van der Waals surface area contributed by atoms with Crippen molar-refractivity contribution in [3.8, 4) is 17.2 Å². The molecule has 2 aliphatic heterocycles. The maximum absolute atomic E-state index is 13.0. The second kappa shape index (κ2) is 7.11. The number of ether oxygens (including phenoxy) is 2. The van der Waals surface area contributed by atoms with Crippen LogP contribution in [0, 0.1) is 0 Å². The average molecular weight is 390 g/mol. The Labute approximate surface area is 171 Å². The fourth-order valence-corrected chi connectivity index (χ4v) is 3.73. The van der Waals surface area contributed by atoms with Crippen LogP contribution >= 0.6 is 0 Å². The molecule has 150 valence electrons. The van der Waals surface area contributed by atoms with Gasteiger partial charge in [-0.1, -0.05) is 29.9 Å². The molecule has 1 unspecified atom stereocenters. The maximum Gasteiger partial charge on any atom is 0.170 e. The molecule has 4 heteroatoms.